The van der Waals surface area contributed by atoms with Gasteiger partial charge in [0.15, 0.2) is 0 Å². The average Bonchev–Trinajstić information content (AvgIpc) is 2.99. The molecule has 1 atom stereocenters. The molecule has 94 valence electrons. The Kier molecular flexibility index (Phi) is 2.49. The van der Waals surface area contributed by atoms with Crippen molar-refractivity contribution in [3.8, 4) is 10.4 Å². The number of thiophene rings is 1. The van der Waals surface area contributed by atoms with Crippen molar-refractivity contribution in [2.45, 2.75) is 19.8 Å². The fourth-order valence-electron chi connectivity index (χ4n) is 3.12. The molecular weight excluding hydrogens is 248 g/mol. The molecule has 0 fully saturated rings. The molecule has 1 unspecified atom stereocenters. The van der Waals surface area contributed by atoms with E-state index < -0.39 is 0 Å². The van der Waals surface area contributed by atoms with Gasteiger partial charge in [0.1, 0.15) is 0 Å². The summed E-state index contributed by atoms with van der Waals surface area (Å²) in [4.78, 5) is 1.39. The van der Waals surface area contributed by atoms with Gasteiger partial charge < -0.3 is 0 Å². The monoisotopic (exact) mass is 264 g/mol. The molecule has 0 aliphatic heterocycles. The molecule has 4 rings (SSSR count). The zero-order valence-corrected chi connectivity index (χ0v) is 11.8. The number of hydrogen-bond acceptors (Lipinski definition) is 1. The van der Waals surface area contributed by atoms with E-state index in [9.17, 15) is 0 Å². The Morgan fingerprint density at radius 2 is 1.79 bits per heavy atom. The Morgan fingerprint density at radius 1 is 0.947 bits per heavy atom. The minimum Gasteiger partial charge on any atom is -0.135 e. The summed E-state index contributed by atoms with van der Waals surface area (Å²) in [6.45, 7) is 2.35. The van der Waals surface area contributed by atoms with E-state index in [1.807, 2.05) is 11.3 Å². The zero-order chi connectivity index (χ0) is 12.8. The minimum absolute atomic E-state index is 0.813. The highest BCUT2D eigenvalue weighted by Gasteiger charge is 2.18. The Hall–Kier alpha value is -1.60. The lowest BCUT2D eigenvalue weighted by molar-refractivity contribution is 0.628. The number of rotatable bonds is 1. The maximum Gasteiger partial charge on any atom is 0.0355 e. The van der Waals surface area contributed by atoms with Gasteiger partial charge in [0, 0.05) is 9.58 Å². The van der Waals surface area contributed by atoms with Crippen LogP contribution < -0.4 is 0 Å². The third-order valence-electron chi connectivity index (χ3n) is 4.05. The minimum atomic E-state index is 0.813. The normalized spacial score (nSPS) is 17.8. The van der Waals surface area contributed by atoms with Crippen LogP contribution in [0.25, 0.3) is 20.5 Å². The van der Waals surface area contributed by atoms with Gasteiger partial charge >= 0.3 is 0 Å². The van der Waals surface area contributed by atoms with Gasteiger partial charge in [-0.3, -0.25) is 0 Å². The van der Waals surface area contributed by atoms with Crippen LogP contribution in [0.5, 0.6) is 0 Å². The van der Waals surface area contributed by atoms with Crippen LogP contribution in [0.1, 0.15) is 18.1 Å². The van der Waals surface area contributed by atoms with Crippen LogP contribution in [-0.2, 0) is 12.8 Å². The lowest BCUT2D eigenvalue weighted by Gasteiger charge is -2.02. The van der Waals surface area contributed by atoms with Crippen molar-refractivity contribution in [1.82, 2.24) is 0 Å². The van der Waals surface area contributed by atoms with Gasteiger partial charge in [-0.25, -0.2) is 0 Å². The maximum absolute atomic E-state index is 2.41. The van der Waals surface area contributed by atoms with E-state index in [-0.39, 0.29) is 0 Å². The Balaban J connectivity index is 1.82. The van der Waals surface area contributed by atoms with E-state index in [2.05, 4.69) is 55.5 Å². The molecule has 0 bridgehead atoms. The highest BCUT2D eigenvalue weighted by molar-refractivity contribution is 7.22. The van der Waals surface area contributed by atoms with Gasteiger partial charge in [-0.15, -0.1) is 11.3 Å². The summed E-state index contributed by atoms with van der Waals surface area (Å²) < 4.78 is 1.38. The quantitative estimate of drug-likeness (QED) is 0.559. The molecule has 2 aromatic carbocycles. The van der Waals surface area contributed by atoms with E-state index in [4.69, 9.17) is 0 Å². The van der Waals surface area contributed by atoms with E-state index in [1.165, 1.54) is 33.4 Å². The van der Waals surface area contributed by atoms with Crippen molar-refractivity contribution < 1.29 is 0 Å². The predicted octanol–water partition coefficient (Wildman–Crippen LogP) is 5.30. The Labute approximate surface area is 117 Å². The average molecular weight is 264 g/mol. The molecule has 0 saturated heterocycles. The molecule has 0 N–H and O–H groups in total. The van der Waals surface area contributed by atoms with Crippen LogP contribution in [0.2, 0.25) is 0 Å². The molecular formula is C18H16S. The Bertz CT molecular complexity index is 718. The molecule has 1 aromatic heterocycles. The van der Waals surface area contributed by atoms with Gasteiger partial charge in [0.25, 0.3) is 0 Å². The van der Waals surface area contributed by atoms with Gasteiger partial charge in [-0.05, 0) is 53.0 Å². The van der Waals surface area contributed by atoms with Crippen LogP contribution in [0, 0.1) is 5.92 Å². The number of hydrogen-bond donors (Lipinski definition) is 0. The van der Waals surface area contributed by atoms with Crippen molar-refractivity contribution in [1.29, 1.82) is 0 Å². The number of benzene rings is 2. The molecule has 1 heterocycles. The maximum atomic E-state index is 2.41. The van der Waals surface area contributed by atoms with Crippen LogP contribution in [-0.4, -0.2) is 0 Å². The first-order valence-corrected chi connectivity index (χ1v) is 7.72. The first-order valence-electron chi connectivity index (χ1n) is 6.90. The third kappa shape index (κ3) is 1.89. The molecule has 0 saturated carbocycles. The smallest absolute Gasteiger partial charge is 0.0355 e. The molecule has 1 heteroatoms. The molecule has 19 heavy (non-hydrogen) atoms. The van der Waals surface area contributed by atoms with E-state index in [1.54, 1.807) is 11.1 Å². The van der Waals surface area contributed by atoms with Crippen molar-refractivity contribution in [2.75, 3.05) is 0 Å². The fourth-order valence-corrected chi connectivity index (χ4v) is 4.17. The highest BCUT2D eigenvalue weighted by atomic mass is 32.1. The summed E-state index contributed by atoms with van der Waals surface area (Å²) in [6, 6.07) is 18.0. The Morgan fingerprint density at radius 3 is 2.68 bits per heavy atom. The van der Waals surface area contributed by atoms with Crippen molar-refractivity contribution in [2.24, 2.45) is 5.92 Å². The second-order valence-corrected chi connectivity index (χ2v) is 6.73. The summed E-state index contributed by atoms with van der Waals surface area (Å²) >= 11 is 1.90. The second kappa shape index (κ2) is 4.21. The fraction of sp³-hybridized carbons (Fsp3) is 0.222. The summed E-state index contributed by atoms with van der Waals surface area (Å²) in [5.74, 6) is 0.813. The van der Waals surface area contributed by atoms with E-state index in [0.29, 0.717) is 0 Å². The molecule has 0 amide bonds. The van der Waals surface area contributed by atoms with E-state index >= 15 is 0 Å². The highest BCUT2D eigenvalue weighted by Crippen LogP contribution is 2.36. The SMILES string of the molecule is CC1Cc2ccc(-c3cc4ccccc4s3)cc2C1. The zero-order valence-electron chi connectivity index (χ0n) is 11.0. The molecule has 0 nitrogen and oxygen atoms in total. The van der Waals surface area contributed by atoms with Crippen molar-refractivity contribution in [3.05, 3.63) is 59.7 Å². The molecule has 0 radical (unpaired) electrons. The number of fused-ring (bicyclic) bond motifs is 2. The van der Waals surface area contributed by atoms with Crippen LogP contribution in [0.15, 0.2) is 48.5 Å². The molecule has 1 aliphatic carbocycles. The summed E-state index contributed by atoms with van der Waals surface area (Å²) in [7, 11) is 0. The van der Waals surface area contributed by atoms with Crippen LogP contribution in [0.3, 0.4) is 0 Å². The lowest BCUT2D eigenvalue weighted by Crippen LogP contribution is -1.89. The van der Waals surface area contributed by atoms with Crippen molar-refractivity contribution >= 4 is 21.4 Å². The van der Waals surface area contributed by atoms with Gasteiger partial charge in [-0.1, -0.05) is 43.3 Å². The van der Waals surface area contributed by atoms with Crippen LogP contribution >= 0.6 is 11.3 Å². The topological polar surface area (TPSA) is 0 Å². The van der Waals surface area contributed by atoms with Gasteiger partial charge in [-0.2, -0.15) is 0 Å². The van der Waals surface area contributed by atoms with Gasteiger partial charge in [0.2, 0.25) is 0 Å². The standard InChI is InChI=1S/C18H16S/c1-12-8-13-6-7-15(10-16(13)9-12)18-11-14-4-2-3-5-17(14)19-18/h2-7,10-12H,8-9H2,1H3. The molecule has 0 spiro atoms. The first kappa shape index (κ1) is 11.2. The molecule has 1 aliphatic rings. The van der Waals surface area contributed by atoms with E-state index in [0.717, 1.165) is 5.92 Å². The first-order chi connectivity index (χ1) is 9.29. The summed E-state index contributed by atoms with van der Waals surface area (Å²) in [5.41, 5.74) is 4.49. The molecule has 3 aromatic rings. The van der Waals surface area contributed by atoms with Crippen molar-refractivity contribution in [3.63, 3.8) is 0 Å². The third-order valence-corrected chi connectivity index (χ3v) is 5.22. The largest absolute Gasteiger partial charge is 0.135 e. The summed E-state index contributed by atoms with van der Waals surface area (Å²) in [6.07, 6.45) is 2.50. The lowest BCUT2D eigenvalue weighted by atomic mass is 10.1. The summed E-state index contributed by atoms with van der Waals surface area (Å²) in [5, 5.41) is 1.36. The second-order valence-electron chi connectivity index (χ2n) is 5.65. The van der Waals surface area contributed by atoms with Crippen LogP contribution in [0.4, 0.5) is 0 Å². The van der Waals surface area contributed by atoms with Gasteiger partial charge in [0.05, 0.1) is 0 Å². The predicted molar refractivity (Wildman–Crippen MR) is 83.8 cm³/mol.